The SMILES string of the molecule is COC(=O)NC(C)COc1ccc2ncc([N+](=O)[O-])n2n1. The number of nitrogens with one attached hydrogen (secondary N) is 1. The number of aromatic nitrogens is 3. The maximum absolute atomic E-state index is 11.0. The molecule has 0 saturated carbocycles. The molecule has 0 bridgehead atoms. The van der Waals surface area contributed by atoms with Gasteiger partial charge in [0.05, 0.1) is 13.2 Å². The van der Waals surface area contributed by atoms with E-state index in [1.807, 2.05) is 0 Å². The topological polar surface area (TPSA) is 121 Å². The first kappa shape index (κ1) is 14.5. The zero-order valence-corrected chi connectivity index (χ0v) is 11.3. The van der Waals surface area contributed by atoms with Crippen LogP contribution in [0.25, 0.3) is 5.65 Å². The molecule has 0 aliphatic heterocycles. The second-order valence-corrected chi connectivity index (χ2v) is 4.16. The van der Waals surface area contributed by atoms with E-state index in [0.29, 0.717) is 5.65 Å². The van der Waals surface area contributed by atoms with Crippen LogP contribution in [0, 0.1) is 10.1 Å². The molecule has 10 nitrogen and oxygen atoms in total. The first-order valence-electron chi connectivity index (χ1n) is 5.97. The van der Waals surface area contributed by atoms with Crippen LogP contribution in [-0.4, -0.2) is 45.4 Å². The summed E-state index contributed by atoms with van der Waals surface area (Å²) in [6, 6.07) is 2.78. The molecule has 2 rings (SSSR count). The molecule has 1 atom stereocenters. The van der Waals surface area contributed by atoms with Crippen molar-refractivity contribution in [2.45, 2.75) is 13.0 Å². The Kier molecular flexibility index (Phi) is 4.16. The summed E-state index contributed by atoms with van der Waals surface area (Å²) in [5.41, 5.74) is 0.342. The van der Waals surface area contributed by atoms with Crippen molar-refractivity contribution >= 4 is 17.6 Å². The van der Waals surface area contributed by atoms with Gasteiger partial charge in [-0.15, -0.1) is 0 Å². The predicted molar refractivity (Wildman–Crippen MR) is 70.1 cm³/mol. The van der Waals surface area contributed by atoms with E-state index < -0.39 is 11.0 Å². The molecule has 0 radical (unpaired) electrons. The Hall–Kier alpha value is -2.91. The van der Waals surface area contributed by atoms with Gasteiger partial charge >= 0.3 is 11.9 Å². The number of carbonyl (C=O) groups is 1. The lowest BCUT2D eigenvalue weighted by atomic mass is 10.4. The van der Waals surface area contributed by atoms with Gasteiger partial charge in [0.15, 0.2) is 0 Å². The van der Waals surface area contributed by atoms with Crippen molar-refractivity contribution in [2.24, 2.45) is 0 Å². The lowest BCUT2D eigenvalue weighted by Crippen LogP contribution is -2.36. The van der Waals surface area contributed by atoms with Crippen LogP contribution >= 0.6 is 0 Å². The zero-order valence-electron chi connectivity index (χ0n) is 11.3. The van der Waals surface area contributed by atoms with Gasteiger partial charge in [-0.3, -0.25) is 0 Å². The van der Waals surface area contributed by atoms with E-state index in [9.17, 15) is 14.9 Å². The molecule has 0 aliphatic carbocycles. The third-order valence-corrected chi connectivity index (χ3v) is 2.54. The first-order chi connectivity index (χ1) is 10.0. The summed E-state index contributed by atoms with van der Waals surface area (Å²) in [4.78, 5) is 25.1. The van der Waals surface area contributed by atoms with Crippen molar-refractivity contribution in [3.05, 3.63) is 28.4 Å². The van der Waals surface area contributed by atoms with Crippen LogP contribution in [0.2, 0.25) is 0 Å². The van der Waals surface area contributed by atoms with E-state index in [1.165, 1.54) is 13.2 Å². The Morgan fingerprint density at radius 1 is 1.57 bits per heavy atom. The minimum atomic E-state index is -0.585. The highest BCUT2D eigenvalue weighted by Crippen LogP contribution is 2.15. The maximum atomic E-state index is 11.0. The Bertz CT molecular complexity index is 670. The number of nitrogens with zero attached hydrogens (tertiary/aromatic N) is 4. The number of rotatable bonds is 5. The number of nitro groups is 1. The monoisotopic (exact) mass is 295 g/mol. The van der Waals surface area contributed by atoms with E-state index >= 15 is 0 Å². The summed E-state index contributed by atoms with van der Waals surface area (Å²) >= 11 is 0. The number of carbonyl (C=O) groups excluding carboxylic acids is 1. The number of fused-ring (bicyclic) bond motifs is 1. The van der Waals surface area contributed by atoms with Crippen molar-refractivity contribution in [1.82, 2.24) is 19.9 Å². The molecule has 0 fully saturated rings. The van der Waals surface area contributed by atoms with Gasteiger partial charge in [0.1, 0.15) is 12.8 Å². The van der Waals surface area contributed by atoms with E-state index in [4.69, 9.17) is 4.74 Å². The highest BCUT2D eigenvalue weighted by atomic mass is 16.6. The number of hydrogen-bond acceptors (Lipinski definition) is 7. The lowest BCUT2D eigenvalue weighted by Gasteiger charge is -2.12. The largest absolute Gasteiger partial charge is 0.473 e. The minimum absolute atomic E-state index is 0.135. The van der Waals surface area contributed by atoms with Crippen LogP contribution < -0.4 is 10.1 Å². The van der Waals surface area contributed by atoms with Crippen molar-refractivity contribution in [1.29, 1.82) is 0 Å². The van der Waals surface area contributed by atoms with Gasteiger partial charge in [-0.25, -0.2) is 9.78 Å². The molecule has 21 heavy (non-hydrogen) atoms. The molecule has 0 aromatic carbocycles. The van der Waals surface area contributed by atoms with E-state index in [-0.39, 0.29) is 24.3 Å². The van der Waals surface area contributed by atoms with Crippen molar-refractivity contribution in [3.8, 4) is 5.88 Å². The molecular formula is C11H13N5O5. The van der Waals surface area contributed by atoms with Crippen LogP contribution in [0.15, 0.2) is 18.3 Å². The number of imidazole rings is 1. The van der Waals surface area contributed by atoms with Gasteiger partial charge in [-0.05, 0) is 16.9 Å². The first-order valence-corrected chi connectivity index (χ1v) is 5.97. The maximum Gasteiger partial charge on any atom is 0.407 e. The van der Waals surface area contributed by atoms with Crippen molar-refractivity contribution < 1.29 is 19.2 Å². The fourth-order valence-corrected chi connectivity index (χ4v) is 1.56. The van der Waals surface area contributed by atoms with E-state index in [1.54, 1.807) is 13.0 Å². The van der Waals surface area contributed by atoms with Gasteiger partial charge in [0.2, 0.25) is 5.65 Å². The summed E-state index contributed by atoms with van der Waals surface area (Å²) < 4.78 is 10.9. The number of amides is 1. The summed E-state index contributed by atoms with van der Waals surface area (Å²) in [5, 5.41) is 17.3. The van der Waals surface area contributed by atoms with E-state index in [2.05, 4.69) is 20.1 Å². The van der Waals surface area contributed by atoms with Crippen LogP contribution in [0.5, 0.6) is 5.88 Å². The molecule has 2 aromatic heterocycles. The average molecular weight is 295 g/mol. The van der Waals surface area contributed by atoms with Crippen LogP contribution in [-0.2, 0) is 4.74 Å². The smallest absolute Gasteiger partial charge is 0.407 e. The predicted octanol–water partition coefficient (Wildman–Crippen LogP) is 0.761. The molecule has 0 aliphatic rings. The number of ether oxygens (including phenoxy) is 2. The van der Waals surface area contributed by atoms with Crippen molar-refractivity contribution in [2.75, 3.05) is 13.7 Å². The van der Waals surface area contributed by atoms with Gasteiger partial charge in [-0.1, -0.05) is 4.52 Å². The molecule has 112 valence electrons. The molecule has 1 unspecified atom stereocenters. The fraction of sp³-hybridized carbons (Fsp3) is 0.364. The Morgan fingerprint density at radius 2 is 2.33 bits per heavy atom. The summed E-state index contributed by atoms with van der Waals surface area (Å²) in [6.07, 6.45) is 0.549. The van der Waals surface area contributed by atoms with Crippen LogP contribution in [0.4, 0.5) is 10.6 Å². The summed E-state index contributed by atoms with van der Waals surface area (Å²) in [7, 11) is 1.26. The molecular weight excluding hydrogens is 282 g/mol. The van der Waals surface area contributed by atoms with Gasteiger partial charge < -0.3 is 24.9 Å². The van der Waals surface area contributed by atoms with Gasteiger partial charge in [0.25, 0.3) is 5.88 Å². The molecule has 0 saturated heterocycles. The molecule has 2 aromatic rings. The van der Waals surface area contributed by atoms with E-state index in [0.717, 1.165) is 10.7 Å². The average Bonchev–Trinajstić information content (AvgIpc) is 2.88. The second-order valence-electron chi connectivity index (χ2n) is 4.16. The highest BCUT2D eigenvalue weighted by molar-refractivity contribution is 5.67. The van der Waals surface area contributed by atoms with Gasteiger partial charge in [-0.2, -0.15) is 0 Å². The fourth-order valence-electron chi connectivity index (χ4n) is 1.56. The second kappa shape index (κ2) is 6.03. The molecule has 1 N–H and O–H groups in total. The third kappa shape index (κ3) is 3.35. The number of methoxy groups -OCH3 is 1. The highest BCUT2D eigenvalue weighted by Gasteiger charge is 2.17. The summed E-state index contributed by atoms with van der Waals surface area (Å²) in [5.74, 6) is -0.0710. The van der Waals surface area contributed by atoms with Crippen molar-refractivity contribution in [3.63, 3.8) is 0 Å². The van der Waals surface area contributed by atoms with Gasteiger partial charge in [0, 0.05) is 12.1 Å². The standard InChI is InChI=1S/C11H13N5O5/c1-7(13-11(17)20-2)6-21-9-4-3-8-12-5-10(16(18)19)15(8)14-9/h3-5,7H,6H2,1-2H3,(H,13,17). The summed E-state index contributed by atoms with van der Waals surface area (Å²) in [6.45, 7) is 1.85. The Balaban J connectivity index is 2.07. The van der Waals surface area contributed by atoms with Crippen LogP contribution in [0.3, 0.4) is 0 Å². The zero-order chi connectivity index (χ0) is 15.4. The molecule has 10 heteroatoms. The lowest BCUT2D eigenvalue weighted by molar-refractivity contribution is -0.391. The number of alkyl carbamates (subject to hydrolysis) is 1. The Labute approximate surface area is 118 Å². The minimum Gasteiger partial charge on any atom is -0.473 e. The molecule has 2 heterocycles. The van der Waals surface area contributed by atoms with Crippen LogP contribution in [0.1, 0.15) is 6.92 Å². The quantitative estimate of drug-likeness (QED) is 0.638. The number of hydrogen-bond donors (Lipinski definition) is 1. The Morgan fingerprint density at radius 3 is 3.00 bits per heavy atom. The molecule has 0 spiro atoms. The normalized spacial score (nSPS) is 11.9. The third-order valence-electron chi connectivity index (χ3n) is 2.54. The molecule has 1 amide bonds.